The molecule has 0 unspecified atom stereocenters. The van der Waals surface area contributed by atoms with Crippen LogP contribution in [0.2, 0.25) is 0 Å². The van der Waals surface area contributed by atoms with Gasteiger partial charge in [0.25, 0.3) is 5.91 Å². The van der Waals surface area contributed by atoms with E-state index >= 15 is 0 Å². The number of amides is 2. The molecular weight excluding hydrogens is 348 g/mol. The number of fused-ring (bicyclic) bond motifs is 1. The zero-order chi connectivity index (χ0) is 19.4. The quantitative estimate of drug-likeness (QED) is 0.819. The van der Waals surface area contributed by atoms with Crippen molar-refractivity contribution in [1.82, 2.24) is 0 Å². The normalized spacial score (nSPS) is 12.3. The molecule has 0 saturated carbocycles. The summed E-state index contributed by atoms with van der Waals surface area (Å²) in [6, 6.07) is 11.9. The van der Waals surface area contributed by atoms with Crippen molar-refractivity contribution in [3.63, 3.8) is 0 Å². The van der Waals surface area contributed by atoms with Gasteiger partial charge in [0.1, 0.15) is 5.75 Å². The van der Waals surface area contributed by atoms with Gasteiger partial charge in [-0.05, 0) is 48.4 Å². The number of carbonyl (C=O) groups excluding carboxylic acids is 3. The lowest BCUT2D eigenvalue weighted by Crippen LogP contribution is -2.25. The second-order valence-electron chi connectivity index (χ2n) is 6.12. The predicted molar refractivity (Wildman–Crippen MR) is 100 cm³/mol. The van der Waals surface area contributed by atoms with Crippen molar-refractivity contribution in [3.8, 4) is 5.75 Å². The fourth-order valence-electron chi connectivity index (χ4n) is 2.98. The van der Waals surface area contributed by atoms with E-state index in [4.69, 9.17) is 4.74 Å². The van der Waals surface area contributed by atoms with Crippen molar-refractivity contribution in [2.24, 2.45) is 0 Å². The zero-order valence-electron chi connectivity index (χ0n) is 15.2. The van der Waals surface area contributed by atoms with Crippen LogP contribution in [-0.4, -0.2) is 38.0 Å². The Balaban J connectivity index is 1.59. The van der Waals surface area contributed by atoms with Gasteiger partial charge in [-0.1, -0.05) is 6.07 Å². The molecule has 1 aliphatic rings. The van der Waals surface area contributed by atoms with E-state index in [2.05, 4.69) is 10.1 Å². The Morgan fingerprint density at radius 2 is 1.96 bits per heavy atom. The molecule has 0 saturated heterocycles. The maximum absolute atomic E-state index is 12.1. The van der Waals surface area contributed by atoms with E-state index in [0.29, 0.717) is 23.5 Å². The lowest BCUT2D eigenvalue weighted by Gasteiger charge is -2.15. The van der Waals surface area contributed by atoms with Crippen molar-refractivity contribution in [2.75, 3.05) is 30.5 Å². The van der Waals surface area contributed by atoms with Gasteiger partial charge in [0.05, 0.1) is 12.7 Å². The standard InChI is InChI=1S/C20H20N2O5/c1-13(23)22-9-8-14-10-16(6-7-18(14)22)21-19(24)12-27-17-5-3-4-15(11-17)20(25)26-2/h3-7,10-11H,8-9,12H2,1-2H3,(H,21,24). The third kappa shape index (κ3) is 4.25. The summed E-state index contributed by atoms with van der Waals surface area (Å²) in [7, 11) is 1.30. The molecule has 7 nitrogen and oxygen atoms in total. The molecule has 2 amide bonds. The van der Waals surface area contributed by atoms with E-state index < -0.39 is 5.97 Å². The van der Waals surface area contributed by atoms with E-state index in [-0.39, 0.29) is 18.4 Å². The maximum atomic E-state index is 12.1. The van der Waals surface area contributed by atoms with E-state index in [9.17, 15) is 14.4 Å². The van der Waals surface area contributed by atoms with Crippen molar-refractivity contribution in [2.45, 2.75) is 13.3 Å². The highest BCUT2D eigenvalue weighted by molar-refractivity contribution is 5.96. The third-order valence-corrected chi connectivity index (χ3v) is 4.26. The number of anilines is 2. The van der Waals surface area contributed by atoms with Gasteiger partial charge >= 0.3 is 5.97 Å². The molecule has 0 atom stereocenters. The number of esters is 1. The number of ether oxygens (including phenoxy) is 2. The van der Waals surface area contributed by atoms with Crippen LogP contribution in [0.5, 0.6) is 5.75 Å². The van der Waals surface area contributed by atoms with E-state index in [1.165, 1.54) is 20.1 Å². The maximum Gasteiger partial charge on any atom is 0.337 e. The molecule has 0 aliphatic carbocycles. The molecule has 0 fully saturated rings. The molecule has 27 heavy (non-hydrogen) atoms. The van der Waals surface area contributed by atoms with Crippen molar-refractivity contribution in [1.29, 1.82) is 0 Å². The second kappa shape index (κ2) is 7.90. The predicted octanol–water partition coefficient (Wildman–Crippen LogP) is 2.40. The van der Waals surface area contributed by atoms with Gasteiger partial charge in [0.2, 0.25) is 5.91 Å². The van der Waals surface area contributed by atoms with Gasteiger partial charge in [0.15, 0.2) is 6.61 Å². The van der Waals surface area contributed by atoms with Gasteiger partial charge in [-0.15, -0.1) is 0 Å². The van der Waals surface area contributed by atoms with Crippen molar-refractivity contribution >= 4 is 29.2 Å². The first-order chi connectivity index (χ1) is 13.0. The van der Waals surface area contributed by atoms with Crippen LogP contribution in [0.4, 0.5) is 11.4 Å². The molecule has 2 aromatic carbocycles. The first-order valence-corrected chi connectivity index (χ1v) is 8.50. The number of nitrogens with one attached hydrogen (secondary N) is 1. The molecule has 140 valence electrons. The molecule has 1 aliphatic heterocycles. The molecule has 0 bridgehead atoms. The van der Waals surface area contributed by atoms with E-state index in [1.54, 1.807) is 29.2 Å². The number of carbonyl (C=O) groups is 3. The minimum atomic E-state index is -0.470. The number of methoxy groups -OCH3 is 1. The Labute approximate surface area is 156 Å². The smallest absolute Gasteiger partial charge is 0.337 e. The van der Waals surface area contributed by atoms with Crippen LogP contribution in [0, 0.1) is 0 Å². The minimum absolute atomic E-state index is 0.00752. The van der Waals surface area contributed by atoms with Crippen LogP contribution in [0.3, 0.4) is 0 Å². The summed E-state index contributed by atoms with van der Waals surface area (Å²) >= 11 is 0. The lowest BCUT2D eigenvalue weighted by atomic mass is 10.1. The molecule has 2 aromatic rings. The average molecular weight is 368 g/mol. The number of hydrogen-bond donors (Lipinski definition) is 1. The highest BCUT2D eigenvalue weighted by Crippen LogP contribution is 2.30. The molecule has 0 spiro atoms. The molecule has 3 rings (SSSR count). The van der Waals surface area contributed by atoms with Gasteiger partial charge in [-0.2, -0.15) is 0 Å². The first kappa shape index (κ1) is 18.4. The minimum Gasteiger partial charge on any atom is -0.484 e. The molecule has 1 N–H and O–H groups in total. The van der Waals surface area contributed by atoms with Crippen LogP contribution in [0.15, 0.2) is 42.5 Å². The van der Waals surface area contributed by atoms with Crippen LogP contribution in [0.1, 0.15) is 22.8 Å². The Bertz CT molecular complexity index is 894. The van der Waals surface area contributed by atoms with Gasteiger partial charge in [-0.3, -0.25) is 9.59 Å². The van der Waals surface area contributed by atoms with Gasteiger partial charge in [-0.25, -0.2) is 4.79 Å². The Kier molecular flexibility index (Phi) is 5.40. The van der Waals surface area contributed by atoms with E-state index in [1.807, 2.05) is 12.1 Å². The largest absolute Gasteiger partial charge is 0.484 e. The average Bonchev–Trinajstić information content (AvgIpc) is 3.09. The molecular formula is C20H20N2O5. The van der Waals surface area contributed by atoms with Crippen LogP contribution < -0.4 is 15.0 Å². The second-order valence-corrected chi connectivity index (χ2v) is 6.12. The van der Waals surface area contributed by atoms with Crippen LogP contribution in [0.25, 0.3) is 0 Å². The summed E-state index contributed by atoms with van der Waals surface area (Å²) in [6.07, 6.45) is 0.759. The summed E-state index contributed by atoms with van der Waals surface area (Å²) in [6.45, 7) is 2.00. The first-order valence-electron chi connectivity index (χ1n) is 8.50. The van der Waals surface area contributed by atoms with Gasteiger partial charge in [0, 0.05) is 24.8 Å². The monoisotopic (exact) mass is 368 g/mol. The molecule has 7 heteroatoms. The lowest BCUT2D eigenvalue weighted by molar-refractivity contribution is -0.118. The van der Waals surface area contributed by atoms with E-state index in [0.717, 1.165) is 17.7 Å². The fourth-order valence-corrected chi connectivity index (χ4v) is 2.98. The molecule has 1 heterocycles. The number of benzene rings is 2. The topological polar surface area (TPSA) is 84.9 Å². The summed E-state index contributed by atoms with van der Waals surface area (Å²) in [5.74, 6) is -0.380. The highest BCUT2D eigenvalue weighted by Gasteiger charge is 2.22. The Hall–Kier alpha value is -3.35. The van der Waals surface area contributed by atoms with Crippen molar-refractivity contribution < 1.29 is 23.9 Å². The molecule has 0 aromatic heterocycles. The zero-order valence-corrected chi connectivity index (χ0v) is 15.2. The summed E-state index contributed by atoms with van der Waals surface area (Å²) in [4.78, 5) is 37.0. The Morgan fingerprint density at radius 3 is 2.70 bits per heavy atom. The SMILES string of the molecule is COC(=O)c1cccc(OCC(=O)Nc2ccc3c(c2)CCN3C(C)=O)c1. The number of rotatable bonds is 5. The summed E-state index contributed by atoms with van der Waals surface area (Å²) < 4.78 is 10.1. The van der Waals surface area contributed by atoms with Crippen LogP contribution >= 0.6 is 0 Å². The molecule has 0 radical (unpaired) electrons. The number of nitrogens with zero attached hydrogens (tertiary/aromatic N) is 1. The van der Waals surface area contributed by atoms with Crippen LogP contribution in [-0.2, 0) is 20.7 Å². The summed E-state index contributed by atoms with van der Waals surface area (Å²) in [5, 5.41) is 2.78. The third-order valence-electron chi connectivity index (χ3n) is 4.26. The van der Waals surface area contributed by atoms with Gasteiger partial charge < -0.3 is 19.7 Å². The summed E-state index contributed by atoms with van der Waals surface area (Å²) in [5.41, 5.74) is 2.91. The number of hydrogen-bond acceptors (Lipinski definition) is 5. The highest BCUT2D eigenvalue weighted by atomic mass is 16.5. The fraction of sp³-hybridized carbons (Fsp3) is 0.250. The Morgan fingerprint density at radius 1 is 1.15 bits per heavy atom. The van der Waals surface area contributed by atoms with Crippen molar-refractivity contribution in [3.05, 3.63) is 53.6 Å².